The monoisotopic (exact) mass is 419 g/mol. The Morgan fingerprint density at radius 1 is 1.22 bits per heavy atom. The zero-order chi connectivity index (χ0) is 13.3. The number of anilines is 1. The second-order valence-electron chi connectivity index (χ2n) is 3.69. The van der Waals surface area contributed by atoms with Crippen LogP contribution in [0.25, 0.3) is 0 Å². The highest BCUT2D eigenvalue weighted by Crippen LogP contribution is 2.23. The minimum absolute atomic E-state index is 0.153. The lowest BCUT2D eigenvalue weighted by atomic mass is 10.0. The van der Waals surface area contributed by atoms with Gasteiger partial charge in [-0.25, -0.2) is 4.39 Å². The summed E-state index contributed by atoms with van der Waals surface area (Å²) >= 11 is 5.22. The standard InChI is InChI=1S/C13H8BrFINO/c14-10-5-7(1-4-12(10)17)13(18)9-3-2-8(15)6-11(9)16/h1-6H,17H2. The highest BCUT2D eigenvalue weighted by Gasteiger charge is 2.14. The van der Waals surface area contributed by atoms with E-state index in [0.29, 0.717) is 24.9 Å². The maximum absolute atomic E-state index is 13.0. The number of hydrogen-bond acceptors (Lipinski definition) is 2. The summed E-state index contributed by atoms with van der Waals surface area (Å²) in [6.45, 7) is 0. The molecule has 0 aromatic heterocycles. The van der Waals surface area contributed by atoms with Crippen LogP contribution in [0.3, 0.4) is 0 Å². The zero-order valence-corrected chi connectivity index (χ0v) is 12.8. The van der Waals surface area contributed by atoms with Crippen molar-refractivity contribution in [3.8, 4) is 0 Å². The van der Waals surface area contributed by atoms with Crippen molar-refractivity contribution < 1.29 is 9.18 Å². The van der Waals surface area contributed by atoms with Gasteiger partial charge in [0.1, 0.15) is 5.82 Å². The van der Waals surface area contributed by atoms with Gasteiger partial charge in [-0.3, -0.25) is 4.79 Å². The fraction of sp³-hybridized carbons (Fsp3) is 0. The smallest absolute Gasteiger partial charge is 0.194 e. The molecule has 18 heavy (non-hydrogen) atoms. The number of benzene rings is 2. The summed E-state index contributed by atoms with van der Waals surface area (Å²) in [5, 5.41) is 0. The van der Waals surface area contributed by atoms with Crippen LogP contribution in [0.2, 0.25) is 0 Å². The Bertz CT molecular complexity index is 630. The Hall–Kier alpha value is -0.950. The molecule has 0 heterocycles. The summed E-state index contributed by atoms with van der Waals surface area (Å²) in [4.78, 5) is 12.3. The van der Waals surface area contributed by atoms with Crippen molar-refractivity contribution in [2.24, 2.45) is 0 Å². The highest BCUT2D eigenvalue weighted by atomic mass is 127. The van der Waals surface area contributed by atoms with Gasteiger partial charge >= 0.3 is 0 Å². The molecule has 2 N–H and O–H groups in total. The fourth-order valence-corrected chi connectivity index (χ4v) is 2.60. The maximum atomic E-state index is 13.0. The van der Waals surface area contributed by atoms with Crippen molar-refractivity contribution in [1.29, 1.82) is 0 Å². The average molecular weight is 420 g/mol. The predicted octanol–water partition coefficient (Wildman–Crippen LogP) is 4.01. The van der Waals surface area contributed by atoms with Gasteiger partial charge in [-0.15, -0.1) is 0 Å². The highest BCUT2D eigenvalue weighted by molar-refractivity contribution is 14.1. The molecule has 0 unspecified atom stereocenters. The molecule has 0 bridgehead atoms. The second-order valence-corrected chi connectivity index (χ2v) is 5.71. The number of rotatable bonds is 2. The SMILES string of the molecule is Nc1ccc(C(=O)c2ccc(F)cc2I)cc1Br. The van der Waals surface area contributed by atoms with Gasteiger partial charge in [0.2, 0.25) is 0 Å². The predicted molar refractivity (Wildman–Crippen MR) is 81.1 cm³/mol. The molecule has 92 valence electrons. The summed E-state index contributed by atoms with van der Waals surface area (Å²) in [5.74, 6) is -0.505. The number of halogens is 3. The van der Waals surface area contributed by atoms with E-state index in [-0.39, 0.29) is 11.6 Å². The lowest BCUT2D eigenvalue weighted by molar-refractivity contribution is 0.103. The van der Waals surface area contributed by atoms with Crippen molar-refractivity contribution in [3.05, 3.63) is 61.4 Å². The quantitative estimate of drug-likeness (QED) is 0.454. The van der Waals surface area contributed by atoms with E-state index in [1.807, 2.05) is 22.6 Å². The van der Waals surface area contributed by atoms with Crippen molar-refractivity contribution in [1.82, 2.24) is 0 Å². The topological polar surface area (TPSA) is 43.1 Å². The normalized spacial score (nSPS) is 10.4. The Labute approximate surface area is 126 Å². The van der Waals surface area contributed by atoms with E-state index in [0.717, 1.165) is 0 Å². The van der Waals surface area contributed by atoms with E-state index in [1.54, 1.807) is 18.2 Å². The lowest BCUT2D eigenvalue weighted by Gasteiger charge is -2.06. The molecule has 0 spiro atoms. The number of carbonyl (C=O) groups is 1. The average Bonchev–Trinajstić information content (AvgIpc) is 2.32. The lowest BCUT2D eigenvalue weighted by Crippen LogP contribution is -2.04. The number of carbonyl (C=O) groups excluding carboxylic acids is 1. The molecule has 0 amide bonds. The van der Waals surface area contributed by atoms with Crippen LogP contribution < -0.4 is 5.73 Å². The maximum Gasteiger partial charge on any atom is 0.194 e. The third kappa shape index (κ3) is 2.72. The van der Waals surface area contributed by atoms with E-state index < -0.39 is 0 Å². The molecule has 0 radical (unpaired) electrons. The molecule has 0 aliphatic carbocycles. The third-order valence-electron chi connectivity index (χ3n) is 2.44. The van der Waals surface area contributed by atoms with E-state index in [4.69, 9.17) is 5.73 Å². The number of ketones is 1. The largest absolute Gasteiger partial charge is 0.398 e. The van der Waals surface area contributed by atoms with Crippen LogP contribution in [0.4, 0.5) is 10.1 Å². The summed E-state index contributed by atoms with van der Waals surface area (Å²) in [6, 6.07) is 9.08. The first kappa shape index (κ1) is 13.5. The van der Waals surface area contributed by atoms with Crippen LogP contribution in [-0.4, -0.2) is 5.78 Å². The Morgan fingerprint density at radius 2 is 1.94 bits per heavy atom. The van der Waals surface area contributed by atoms with Crippen LogP contribution in [0.15, 0.2) is 40.9 Å². The van der Waals surface area contributed by atoms with Crippen molar-refractivity contribution in [2.75, 3.05) is 5.73 Å². The summed E-state index contributed by atoms with van der Waals surface area (Å²) in [7, 11) is 0. The summed E-state index contributed by atoms with van der Waals surface area (Å²) in [5.41, 5.74) is 7.23. The van der Waals surface area contributed by atoms with Gasteiger partial charge in [-0.05, 0) is 74.9 Å². The molecule has 0 fully saturated rings. The van der Waals surface area contributed by atoms with Crippen molar-refractivity contribution >= 4 is 50.0 Å². The van der Waals surface area contributed by atoms with Gasteiger partial charge in [-0.1, -0.05) is 0 Å². The number of nitrogen functional groups attached to an aromatic ring is 1. The fourth-order valence-electron chi connectivity index (χ4n) is 1.50. The third-order valence-corrected chi connectivity index (χ3v) is 4.02. The van der Waals surface area contributed by atoms with Gasteiger partial charge in [0, 0.05) is 24.9 Å². The van der Waals surface area contributed by atoms with E-state index >= 15 is 0 Å². The van der Waals surface area contributed by atoms with Gasteiger partial charge in [-0.2, -0.15) is 0 Å². The van der Waals surface area contributed by atoms with Crippen molar-refractivity contribution in [2.45, 2.75) is 0 Å². The van der Waals surface area contributed by atoms with Crippen molar-refractivity contribution in [3.63, 3.8) is 0 Å². The first-order valence-corrected chi connectivity index (χ1v) is 6.91. The molecular formula is C13H8BrFINO. The molecule has 2 aromatic carbocycles. The van der Waals surface area contributed by atoms with Crippen LogP contribution in [0, 0.1) is 9.39 Å². The molecule has 0 aliphatic rings. The second kappa shape index (κ2) is 5.36. The first-order valence-electron chi connectivity index (χ1n) is 5.04. The van der Waals surface area contributed by atoms with E-state index in [9.17, 15) is 9.18 Å². The van der Waals surface area contributed by atoms with Crippen LogP contribution in [-0.2, 0) is 0 Å². The first-order chi connectivity index (χ1) is 8.49. The van der Waals surface area contributed by atoms with Crippen LogP contribution >= 0.6 is 38.5 Å². The molecule has 0 saturated heterocycles. The van der Waals surface area contributed by atoms with Crippen LogP contribution in [0.5, 0.6) is 0 Å². The molecule has 2 nitrogen and oxygen atoms in total. The minimum Gasteiger partial charge on any atom is -0.398 e. The van der Waals surface area contributed by atoms with Gasteiger partial charge in [0.25, 0.3) is 0 Å². The Kier molecular flexibility index (Phi) is 4.01. The summed E-state index contributed by atoms with van der Waals surface area (Å²) < 4.78 is 14.3. The Balaban J connectivity index is 2.44. The summed E-state index contributed by atoms with van der Waals surface area (Å²) in [6.07, 6.45) is 0. The van der Waals surface area contributed by atoms with Gasteiger partial charge in [0.15, 0.2) is 5.78 Å². The molecule has 2 rings (SSSR count). The molecule has 0 saturated carbocycles. The number of nitrogens with two attached hydrogens (primary N) is 1. The Morgan fingerprint density at radius 3 is 2.56 bits per heavy atom. The van der Waals surface area contributed by atoms with Gasteiger partial charge < -0.3 is 5.73 Å². The molecule has 0 aliphatic heterocycles. The minimum atomic E-state index is -0.352. The van der Waals surface area contributed by atoms with E-state index in [1.165, 1.54) is 18.2 Å². The van der Waals surface area contributed by atoms with E-state index in [2.05, 4.69) is 15.9 Å². The molecular weight excluding hydrogens is 412 g/mol. The number of hydrogen-bond donors (Lipinski definition) is 1. The molecule has 0 atom stereocenters. The van der Waals surface area contributed by atoms with Crippen LogP contribution in [0.1, 0.15) is 15.9 Å². The molecule has 2 aromatic rings. The van der Waals surface area contributed by atoms with Gasteiger partial charge in [0.05, 0.1) is 0 Å². The zero-order valence-electron chi connectivity index (χ0n) is 9.08. The molecule has 5 heteroatoms.